The number of hydrogen-bond donors (Lipinski definition) is 1. The van der Waals surface area contributed by atoms with Gasteiger partial charge in [-0.1, -0.05) is 30.3 Å². The van der Waals surface area contributed by atoms with Gasteiger partial charge in [0, 0.05) is 17.5 Å². The Morgan fingerprint density at radius 3 is 2.58 bits per heavy atom. The van der Waals surface area contributed by atoms with Crippen LogP contribution in [-0.2, 0) is 0 Å². The summed E-state index contributed by atoms with van der Waals surface area (Å²) >= 11 is 0. The third kappa shape index (κ3) is 1.87. The van der Waals surface area contributed by atoms with Gasteiger partial charge in [0.2, 0.25) is 5.91 Å². The van der Waals surface area contributed by atoms with Crippen molar-refractivity contribution in [2.45, 2.75) is 6.92 Å². The third-order valence-electron chi connectivity index (χ3n) is 3.19. The van der Waals surface area contributed by atoms with Crippen LogP contribution in [0.3, 0.4) is 0 Å². The van der Waals surface area contributed by atoms with E-state index in [-0.39, 0.29) is 0 Å². The number of carbonyl (C=O) groups excluding carboxylic acids is 1. The summed E-state index contributed by atoms with van der Waals surface area (Å²) in [4.78, 5) is 15.8. The smallest absolute Gasteiger partial charge is 0.250 e. The van der Waals surface area contributed by atoms with E-state index in [0.29, 0.717) is 5.56 Å². The van der Waals surface area contributed by atoms with Crippen molar-refractivity contribution in [1.82, 2.24) is 9.38 Å². The van der Waals surface area contributed by atoms with Crippen LogP contribution in [0, 0.1) is 6.92 Å². The van der Waals surface area contributed by atoms with Crippen LogP contribution in [0.2, 0.25) is 0 Å². The Hall–Kier alpha value is -2.62. The molecule has 0 aliphatic rings. The second kappa shape index (κ2) is 4.24. The highest BCUT2D eigenvalue weighted by atomic mass is 16.1. The zero-order chi connectivity index (χ0) is 13.4. The summed E-state index contributed by atoms with van der Waals surface area (Å²) in [6.45, 7) is 1.98. The van der Waals surface area contributed by atoms with E-state index in [1.54, 1.807) is 18.3 Å². The molecule has 4 nitrogen and oxygen atoms in total. The molecule has 1 amide bonds. The zero-order valence-corrected chi connectivity index (χ0v) is 10.5. The first-order chi connectivity index (χ1) is 9.16. The molecule has 0 aliphatic heterocycles. The van der Waals surface area contributed by atoms with Crippen molar-refractivity contribution >= 4 is 11.6 Å². The Bertz CT molecular complexity index is 760. The van der Waals surface area contributed by atoms with Crippen molar-refractivity contribution in [3.05, 3.63) is 59.9 Å². The zero-order valence-electron chi connectivity index (χ0n) is 10.5. The maximum atomic E-state index is 11.2. The summed E-state index contributed by atoms with van der Waals surface area (Å²) in [7, 11) is 0. The third-order valence-corrected chi connectivity index (χ3v) is 3.19. The van der Waals surface area contributed by atoms with Crippen molar-refractivity contribution in [3.8, 4) is 11.3 Å². The number of pyridine rings is 1. The molecule has 4 heteroatoms. The van der Waals surface area contributed by atoms with E-state index in [0.717, 1.165) is 22.6 Å². The molecule has 0 radical (unpaired) electrons. The largest absolute Gasteiger partial charge is 0.366 e. The highest BCUT2D eigenvalue weighted by Gasteiger charge is 2.11. The lowest BCUT2D eigenvalue weighted by atomic mass is 10.1. The number of carbonyl (C=O) groups is 1. The molecular formula is C15H13N3O. The fourth-order valence-electron chi connectivity index (χ4n) is 2.18. The Balaban J connectivity index is 2.24. The molecule has 2 heterocycles. The highest BCUT2D eigenvalue weighted by molar-refractivity contribution is 5.92. The molecule has 0 fully saturated rings. The normalized spacial score (nSPS) is 10.8. The molecule has 2 N–H and O–H groups in total. The minimum absolute atomic E-state index is 0.434. The molecule has 94 valence electrons. The van der Waals surface area contributed by atoms with Crippen molar-refractivity contribution in [3.63, 3.8) is 0 Å². The second-order valence-electron chi connectivity index (χ2n) is 4.42. The molecule has 1 aromatic carbocycles. The van der Waals surface area contributed by atoms with E-state index in [1.165, 1.54) is 0 Å². The summed E-state index contributed by atoms with van der Waals surface area (Å²) < 4.78 is 1.89. The van der Waals surface area contributed by atoms with Crippen LogP contribution in [-0.4, -0.2) is 15.3 Å². The van der Waals surface area contributed by atoms with Gasteiger partial charge in [0.15, 0.2) is 0 Å². The van der Waals surface area contributed by atoms with Gasteiger partial charge in [0.1, 0.15) is 5.65 Å². The number of aryl methyl sites for hydroxylation is 1. The maximum absolute atomic E-state index is 11.2. The number of fused-ring (bicyclic) bond motifs is 1. The predicted octanol–water partition coefficient (Wildman–Crippen LogP) is 2.41. The number of benzene rings is 1. The molecule has 0 bridgehead atoms. The molecule has 0 spiro atoms. The minimum Gasteiger partial charge on any atom is -0.366 e. The fourth-order valence-corrected chi connectivity index (χ4v) is 2.18. The van der Waals surface area contributed by atoms with Crippen LogP contribution < -0.4 is 5.73 Å². The van der Waals surface area contributed by atoms with Gasteiger partial charge in [-0.05, 0) is 19.1 Å². The number of imidazole rings is 1. The quantitative estimate of drug-likeness (QED) is 0.760. The van der Waals surface area contributed by atoms with Gasteiger partial charge in [-0.3, -0.25) is 4.79 Å². The lowest BCUT2D eigenvalue weighted by molar-refractivity contribution is 0.1000. The average molecular weight is 251 g/mol. The van der Waals surface area contributed by atoms with Crippen LogP contribution in [0.25, 0.3) is 16.9 Å². The molecular weight excluding hydrogens is 238 g/mol. The molecule has 3 aromatic rings. The van der Waals surface area contributed by atoms with Crippen LogP contribution in [0.1, 0.15) is 16.1 Å². The van der Waals surface area contributed by atoms with Crippen LogP contribution >= 0.6 is 0 Å². The van der Waals surface area contributed by atoms with Gasteiger partial charge < -0.3 is 10.1 Å². The predicted molar refractivity (Wildman–Crippen MR) is 73.9 cm³/mol. The van der Waals surface area contributed by atoms with Gasteiger partial charge in [-0.25, -0.2) is 4.98 Å². The first-order valence-corrected chi connectivity index (χ1v) is 6.01. The number of primary amides is 1. The first-order valence-electron chi connectivity index (χ1n) is 6.01. The SMILES string of the molecule is Cc1c(-c2ccccc2)nc2ccc(C(N)=O)cn12. The molecule has 3 rings (SSSR count). The monoisotopic (exact) mass is 251 g/mol. The minimum atomic E-state index is -0.434. The van der Waals surface area contributed by atoms with Gasteiger partial charge >= 0.3 is 0 Å². The van der Waals surface area contributed by atoms with Crippen molar-refractivity contribution < 1.29 is 4.79 Å². The Morgan fingerprint density at radius 1 is 1.16 bits per heavy atom. The van der Waals surface area contributed by atoms with E-state index >= 15 is 0 Å². The van der Waals surface area contributed by atoms with Crippen molar-refractivity contribution in [1.29, 1.82) is 0 Å². The number of hydrogen-bond acceptors (Lipinski definition) is 2. The Labute approximate surface area is 110 Å². The highest BCUT2D eigenvalue weighted by Crippen LogP contribution is 2.23. The van der Waals surface area contributed by atoms with Crippen molar-refractivity contribution in [2.75, 3.05) is 0 Å². The lowest BCUT2D eigenvalue weighted by Crippen LogP contribution is -2.11. The van der Waals surface area contributed by atoms with Crippen LogP contribution in [0.15, 0.2) is 48.7 Å². The molecule has 0 atom stereocenters. The van der Waals surface area contributed by atoms with E-state index in [1.807, 2.05) is 41.7 Å². The number of nitrogens with two attached hydrogens (primary N) is 1. The standard InChI is InChI=1S/C15H13N3O/c1-10-14(11-5-3-2-4-6-11)17-13-8-7-12(15(16)19)9-18(10)13/h2-9H,1H3,(H2,16,19). The van der Waals surface area contributed by atoms with Gasteiger partial charge in [0.25, 0.3) is 0 Å². The molecule has 19 heavy (non-hydrogen) atoms. The number of rotatable bonds is 2. The average Bonchev–Trinajstić information content (AvgIpc) is 2.77. The first kappa shape index (κ1) is 11.5. The molecule has 0 unspecified atom stereocenters. The van der Waals surface area contributed by atoms with E-state index < -0.39 is 5.91 Å². The van der Waals surface area contributed by atoms with E-state index in [9.17, 15) is 4.79 Å². The molecule has 2 aromatic heterocycles. The lowest BCUT2D eigenvalue weighted by Gasteiger charge is -2.00. The van der Waals surface area contributed by atoms with E-state index in [4.69, 9.17) is 5.73 Å². The molecule has 0 aliphatic carbocycles. The summed E-state index contributed by atoms with van der Waals surface area (Å²) in [5.74, 6) is -0.434. The number of amides is 1. The molecule has 0 saturated carbocycles. The fraction of sp³-hybridized carbons (Fsp3) is 0.0667. The summed E-state index contributed by atoms with van der Waals surface area (Å²) in [5.41, 5.74) is 9.55. The second-order valence-corrected chi connectivity index (χ2v) is 4.42. The maximum Gasteiger partial charge on any atom is 0.250 e. The number of nitrogens with zero attached hydrogens (tertiary/aromatic N) is 2. The van der Waals surface area contributed by atoms with Crippen molar-refractivity contribution in [2.24, 2.45) is 5.73 Å². The van der Waals surface area contributed by atoms with Crippen LogP contribution in [0.4, 0.5) is 0 Å². The topological polar surface area (TPSA) is 60.4 Å². The molecule has 0 saturated heterocycles. The summed E-state index contributed by atoms with van der Waals surface area (Å²) in [5, 5.41) is 0. The van der Waals surface area contributed by atoms with Crippen LogP contribution in [0.5, 0.6) is 0 Å². The summed E-state index contributed by atoms with van der Waals surface area (Å²) in [6, 6.07) is 13.5. The Morgan fingerprint density at radius 2 is 1.89 bits per heavy atom. The van der Waals surface area contributed by atoms with Gasteiger partial charge in [-0.15, -0.1) is 0 Å². The van der Waals surface area contributed by atoms with Gasteiger partial charge in [-0.2, -0.15) is 0 Å². The summed E-state index contributed by atoms with van der Waals surface area (Å²) in [6.07, 6.45) is 1.73. The van der Waals surface area contributed by atoms with E-state index in [2.05, 4.69) is 4.98 Å². The Kier molecular flexibility index (Phi) is 2.56. The number of aromatic nitrogens is 2. The van der Waals surface area contributed by atoms with Gasteiger partial charge in [0.05, 0.1) is 11.3 Å².